The zero-order chi connectivity index (χ0) is 17.9. The molecule has 0 aromatic carbocycles. The van der Waals surface area contributed by atoms with E-state index in [4.69, 9.17) is 5.26 Å². The highest BCUT2D eigenvalue weighted by atomic mass is 19.1. The molecule has 0 unspecified atom stereocenters. The second-order valence-corrected chi connectivity index (χ2v) is 7.14. The van der Waals surface area contributed by atoms with E-state index in [1.54, 1.807) is 18.7 Å². The first-order chi connectivity index (χ1) is 11.2. The van der Waals surface area contributed by atoms with Crippen molar-refractivity contribution in [2.45, 2.75) is 57.3 Å². The highest BCUT2D eigenvalue weighted by Crippen LogP contribution is 2.23. The zero-order valence-corrected chi connectivity index (χ0v) is 14.2. The van der Waals surface area contributed by atoms with Gasteiger partial charge in [0.15, 0.2) is 0 Å². The average Bonchev–Trinajstić information content (AvgIpc) is 3.15. The lowest BCUT2D eigenvalue weighted by Crippen LogP contribution is -2.49. The third-order valence-corrected chi connectivity index (χ3v) is 4.72. The van der Waals surface area contributed by atoms with Gasteiger partial charge in [0.2, 0.25) is 11.8 Å². The molecule has 24 heavy (non-hydrogen) atoms. The van der Waals surface area contributed by atoms with Crippen LogP contribution in [0.1, 0.15) is 39.5 Å². The molecule has 2 saturated heterocycles. The topological polar surface area (TPSA) is 90.7 Å². The maximum Gasteiger partial charge on any atom is 0.237 e. The van der Waals surface area contributed by atoms with Gasteiger partial charge in [0.25, 0.3) is 0 Å². The molecule has 2 atom stereocenters. The maximum atomic E-state index is 13.4. The standard InChI is InChI=1S/C16H24FN4O3/c1-16(2,8-14(22)19-5-3-4-6-19)21(24)11-15(23)20-10-12(17)7-13(20)9-18/h12-13H,3-8,10-11H2,1-2H3/q-1/t12-,13-/m0/s1. The Kier molecular flexibility index (Phi) is 5.78. The minimum absolute atomic E-state index is 0.0159. The summed E-state index contributed by atoms with van der Waals surface area (Å²) in [6, 6.07) is 1.07. The Balaban J connectivity index is 1.92. The van der Waals surface area contributed by atoms with E-state index in [0.717, 1.165) is 17.7 Å². The van der Waals surface area contributed by atoms with Crippen LogP contribution in [-0.2, 0) is 9.59 Å². The van der Waals surface area contributed by atoms with Crippen LogP contribution >= 0.6 is 0 Å². The van der Waals surface area contributed by atoms with Crippen molar-refractivity contribution < 1.29 is 14.0 Å². The van der Waals surface area contributed by atoms with Crippen molar-refractivity contribution >= 4 is 11.8 Å². The maximum absolute atomic E-state index is 13.4. The monoisotopic (exact) mass is 339 g/mol. The van der Waals surface area contributed by atoms with E-state index in [2.05, 4.69) is 0 Å². The SMILES string of the molecule is CC(C)(CC(=O)N1CCCC1)N([O-])CC(=O)N1C[C@@H](F)C[C@H]1C#N. The van der Waals surface area contributed by atoms with E-state index in [0.29, 0.717) is 18.2 Å². The van der Waals surface area contributed by atoms with Gasteiger partial charge in [-0.25, -0.2) is 4.39 Å². The van der Waals surface area contributed by atoms with Gasteiger partial charge in [-0.3, -0.25) is 9.59 Å². The number of nitriles is 1. The van der Waals surface area contributed by atoms with Crippen molar-refractivity contribution in [3.63, 3.8) is 0 Å². The fraction of sp³-hybridized carbons (Fsp3) is 0.812. The number of likely N-dealkylation sites (tertiary alicyclic amines) is 2. The minimum atomic E-state index is -1.23. The number of alkyl halides is 1. The highest BCUT2D eigenvalue weighted by molar-refractivity contribution is 5.80. The van der Waals surface area contributed by atoms with Gasteiger partial charge in [-0.15, -0.1) is 0 Å². The van der Waals surface area contributed by atoms with Crippen molar-refractivity contribution in [3.8, 4) is 6.07 Å². The van der Waals surface area contributed by atoms with Gasteiger partial charge in [-0.05, 0) is 26.7 Å². The Morgan fingerprint density at radius 2 is 1.96 bits per heavy atom. The summed E-state index contributed by atoms with van der Waals surface area (Å²) in [6.07, 6.45) is 0.722. The molecule has 2 fully saturated rings. The quantitative estimate of drug-likeness (QED) is 0.698. The minimum Gasteiger partial charge on any atom is -0.784 e. The Labute approximate surface area is 141 Å². The summed E-state index contributed by atoms with van der Waals surface area (Å²) in [5, 5.41) is 21.9. The Bertz CT molecular complexity index is 528. The van der Waals surface area contributed by atoms with Gasteiger partial charge in [0.05, 0.1) is 19.2 Å². The number of nitrogens with zero attached hydrogens (tertiary/aromatic N) is 4. The van der Waals surface area contributed by atoms with Crippen molar-refractivity contribution in [1.29, 1.82) is 5.26 Å². The Morgan fingerprint density at radius 3 is 2.54 bits per heavy atom. The molecule has 0 aliphatic carbocycles. The summed E-state index contributed by atoms with van der Waals surface area (Å²) in [6.45, 7) is 4.02. The fourth-order valence-corrected chi connectivity index (χ4v) is 3.15. The van der Waals surface area contributed by atoms with Crippen LogP contribution in [0.25, 0.3) is 0 Å². The van der Waals surface area contributed by atoms with E-state index >= 15 is 0 Å². The number of carbonyl (C=O) groups excluding carboxylic acids is 2. The molecule has 7 nitrogen and oxygen atoms in total. The zero-order valence-electron chi connectivity index (χ0n) is 14.2. The number of hydrogen-bond donors (Lipinski definition) is 0. The Morgan fingerprint density at radius 1 is 1.33 bits per heavy atom. The fourth-order valence-electron chi connectivity index (χ4n) is 3.15. The molecule has 134 valence electrons. The van der Waals surface area contributed by atoms with E-state index in [-0.39, 0.29) is 25.3 Å². The number of amides is 2. The molecule has 8 heteroatoms. The summed E-state index contributed by atoms with van der Waals surface area (Å²) >= 11 is 0. The lowest BCUT2D eigenvalue weighted by atomic mass is 9.99. The van der Waals surface area contributed by atoms with Crippen LogP contribution in [0.4, 0.5) is 4.39 Å². The number of rotatable bonds is 5. The molecule has 0 bridgehead atoms. The van der Waals surface area contributed by atoms with Crippen molar-refractivity contribution in [1.82, 2.24) is 14.9 Å². The molecule has 0 saturated carbocycles. The lowest BCUT2D eigenvalue weighted by molar-refractivity contribution is -0.136. The molecule has 0 aromatic rings. The van der Waals surface area contributed by atoms with Crippen LogP contribution < -0.4 is 0 Å². The third kappa shape index (κ3) is 4.22. The molecule has 0 aromatic heterocycles. The third-order valence-electron chi connectivity index (χ3n) is 4.72. The van der Waals surface area contributed by atoms with Gasteiger partial charge in [-0.2, -0.15) is 5.26 Å². The first-order valence-corrected chi connectivity index (χ1v) is 8.30. The van der Waals surface area contributed by atoms with Crippen LogP contribution in [0.2, 0.25) is 0 Å². The number of carbonyl (C=O) groups is 2. The van der Waals surface area contributed by atoms with Crippen molar-refractivity contribution in [2.24, 2.45) is 0 Å². The molecular formula is C16H24FN4O3-. The molecular weight excluding hydrogens is 315 g/mol. The smallest absolute Gasteiger partial charge is 0.237 e. The summed E-state index contributed by atoms with van der Waals surface area (Å²) in [4.78, 5) is 27.3. The summed E-state index contributed by atoms with van der Waals surface area (Å²) < 4.78 is 13.4. The first-order valence-electron chi connectivity index (χ1n) is 8.30. The summed E-state index contributed by atoms with van der Waals surface area (Å²) in [5.74, 6) is -0.663. The van der Waals surface area contributed by atoms with E-state index < -0.39 is 30.2 Å². The van der Waals surface area contributed by atoms with E-state index in [1.165, 1.54) is 0 Å². The second kappa shape index (κ2) is 7.45. The predicted octanol–water partition coefficient (Wildman–Crippen LogP) is 1.04. The van der Waals surface area contributed by atoms with Crippen molar-refractivity contribution in [2.75, 3.05) is 26.2 Å². The van der Waals surface area contributed by atoms with Gasteiger partial charge in [0, 0.05) is 31.5 Å². The summed E-state index contributed by atoms with van der Waals surface area (Å²) in [7, 11) is 0. The second-order valence-electron chi connectivity index (χ2n) is 7.14. The molecule has 2 aliphatic rings. The Hall–Kier alpha value is -1.72. The number of hydroxylamine groups is 2. The van der Waals surface area contributed by atoms with E-state index in [9.17, 15) is 19.2 Å². The van der Waals surface area contributed by atoms with Crippen LogP contribution in [0, 0.1) is 16.5 Å². The molecule has 2 aliphatic heterocycles. The summed E-state index contributed by atoms with van der Waals surface area (Å²) in [5.41, 5.74) is -1.04. The van der Waals surface area contributed by atoms with Gasteiger partial charge < -0.3 is 20.1 Å². The predicted molar refractivity (Wildman–Crippen MR) is 85.2 cm³/mol. The van der Waals surface area contributed by atoms with Crippen LogP contribution in [-0.4, -0.2) is 70.6 Å². The molecule has 2 heterocycles. The molecule has 2 amide bonds. The van der Waals surface area contributed by atoms with Crippen LogP contribution in [0.15, 0.2) is 0 Å². The number of halogens is 1. The first kappa shape index (κ1) is 18.6. The van der Waals surface area contributed by atoms with Crippen LogP contribution in [0.3, 0.4) is 0 Å². The molecule has 0 N–H and O–H groups in total. The normalized spacial score (nSPS) is 24.5. The average molecular weight is 339 g/mol. The molecule has 0 spiro atoms. The highest BCUT2D eigenvalue weighted by Gasteiger charge is 2.36. The molecule has 2 rings (SSSR count). The van der Waals surface area contributed by atoms with Gasteiger partial charge in [0.1, 0.15) is 12.2 Å². The van der Waals surface area contributed by atoms with E-state index in [1.807, 2.05) is 6.07 Å². The van der Waals surface area contributed by atoms with Gasteiger partial charge in [-0.1, -0.05) is 0 Å². The van der Waals surface area contributed by atoms with Crippen LogP contribution in [0.5, 0.6) is 0 Å². The largest absolute Gasteiger partial charge is 0.784 e. The van der Waals surface area contributed by atoms with Gasteiger partial charge >= 0.3 is 0 Å². The lowest BCUT2D eigenvalue weighted by Gasteiger charge is -2.44. The number of hydrogen-bond acceptors (Lipinski definition) is 5. The van der Waals surface area contributed by atoms with Crippen molar-refractivity contribution in [3.05, 3.63) is 5.21 Å². The molecule has 0 radical (unpaired) electrons.